The maximum absolute atomic E-state index is 12.7. The van der Waals surface area contributed by atoms with Crippen molar-refractivity contribution in [2.75, 3.05) is 13.2 Å². The smallest absolute Gasteiger partial charge is 0.272 e. The summed E-state index contributed by atoms with van der Waals surface area (Å²) in [5.74, 6) is 1.16. The minimum absolute atomic E-state index is 0.331. The Bertz CT molecular complexity index is 846. The summed E-state index contributed by atoms with van der Waals surface area (Å²) in [6.07, 6.45) is 3.53. The van der Waals surface area contributed by atoms with Crippen LogP contribution < -0.4 is 5.32 Å². The number of fused-ring (bicyclic) bond motifs is 3. The molecule has 2 aliphatic carbocycles. The Morgan fingerprint density at radius 2 is 2.24 bits per heavy atom. The molecule has 2 heterocycles. The van der Waals surface area contributed by atoms with Gasteiger partial charge in [-0.25, -0.2) is 9.67 Å². The lowest BCUT2D eigenvalue weighted by Gasteiger charge is -2.25. The van der Waals surface area contributed by atoms with Crippen molar-refractivity contribution in [2.45, 2.75) is 31.2 Å². The molecule has 7 nitrogen and oxygen atoms in total. The van der Waals surface area contributed by atoms with Gasteiger partial charge < -0.3 is 15.5 Å². The lowest BCUT2D eigenvalue weighted by Crippen LogP contribution is -2.52. The highest BCUT2D eigenvalue weighted by Crippen LogP contribution is 2.57. The Kier molecular flexibility index (Phi) is 3.82. The molecular formula is C17H19ClN4O3. The first-order chi connectivity index (χ1) is 12.0. The molecule has 1 amide bonds. The van der Waals surface area contributed by atoms with Crippen LogP contribution in [0.2, 0.25) is 5.02 Å². The molecular weight excluding hydrogens is 344 g/mol. The normalized spacial score (nSPS) is 21.0. The predicted molar refractivity (Wildman–Crippen MR) is 91.0 cm³/mol. The number of rotatable bonds is 5. The fourth-order valence-corrected chi connectivity index (χ4v) is 3.60. The van der Waals surface area contributed by atoms with E-state index in [2.05, 4.69) is 15.4 Å². The van der Waals surface area contributed by atoms with Gasteiger partial charge >= 0.3 is 0 Å². The number of aliphatic hydroxyl groups is 2. The first-order valence-corrected chi connectivity index (χ1v) is 8.61. The Hall–Kier alpha value is -1.96. The Balaban J connectivity index is 1.74. The van der Waals surface area contributed by atoms with Gasteiger partial charge in [-0.2, -0.15) is 5.10 Å². The van der Waals surface area contributed by atoms with Crippen LogP contribution in [0.25, 0.3) is 5.82 Å². The maximum Gasteiger partial charge on any atom is 0.272 e. The van der Waals surface area contributed by atoms with Crippen molar-refractivity contribution in [3.8, 4) is 5.82 Å². The van der Waals surface area contributed by atoms with Gasteiger partial charge in [-0.3, -0.25) is 4.79 Å². The fourth-order valence-electron chi connectivity index (χ4n) is 3.44. The third kappa shape index (κ3) is 2.72. The van der Waals surface area contributed by atoms with Gasteiger partial charge in [0.05, 0.1) is 24.4 Å². The predicted octanol–water partition coefficient (Wildman–Crippen LogP) is 1.05. The molecule has 0 unspecified atom stereocenters. The lowest BCUT2D eigenvalue weighted by atomic mass is 10.0. The monoisotopic (exact) mass is 362 g/mol. The Labute approximate surface area is 149 Å². The Morgan fingerprint density at radius 1 is 1.48 bits per heavy atom. The lowest BCUT2D eigenvalue weighted by molar-refractivity contribution is 0.0718. The first kappa shape index (κ1) is 16.5. The van der Waals surface area contributed by atoms with E-state index in [4.69, 9.17) is 11.6 Å². The number of hydrogen-bond donors (Lipinski definition) is 3. The van der Waals surface area contributed by atoms with Crippen molar-refractivity contribution in [2.24, 2.45) is 5.92 Å². The summed E-state index contributed by atoms with van der Waals surface area (Å²) in [7, 11) is 0. The zero-order chi connectivity index (χ0) is 17.8. The highest BCUT2D eigenvalue weighted by atomic mass is 35.5. The summed E-state index contributed by atoms with van der Waals surface area (Å²) >= 11 is 6.07. The number of nitrogens with one attached hydrogen (secondary N) is 1. The molecule has 2 atom stereocenters. The molecule has 1 fully saturated rings. The average molecular weight is 363 g/mol. The summed E-state index contributed by atoms with van der Waals surface area (Å²) in [6.45, 7) is 0.858. The molecule has 0 radical (unpaired) electrons. The Morgan fingerprint density at radius 3 is 2.92 bits per heavy atom. The molecule has 1 saturated carbocycles. The van der Waals surface area contributed by atoms with Crippen LogP contribution in [0.1, 0.15) is 41.0 Å². The van der Waals surface area contributed by atoms with Crippen molar-refractivity contribution in [3.05, 3.63) is 40.3 Å². The second kappa shape index (κ2) is 5.79. The minimum atomic E-state index is -1.09. The van der Waals surface area contributed by atoms with Gasteiger partial charge in [0.25, 0.3) is 5.91 Å². The van der Waals surface area contributed by atoms with Crippen LogP contribution >= 0.6 is 11.6 Å². The van der Waals surface area contributed by atoms with Gasteiger partial charge in [0.2, 0.25) is 0 Å². The van der Waals surface area contributed by atoms with E-state index in [1.165, 1.54) is 0 Å². The van der Waals surface area contributed by atoms with Crippen LogP contribution in [0.15, 0.2) is 18.3 Å². The summed E-state index contributed by atoms with van der Waals surface area (Å²) in [5.41, 5.74) is 1.19. The highest BCUT2D eigenvalue weighted by molar-refractivity contribution is 6.30. The van der Waals surface area contributed by atoms with E-state index in [0.29, 0.717) is 28.4 Å². The number of aromatic nitrogens is 3. The molecule has 0 bridgehead atoms. The van der Waals surface area contributed by atoms with E-state index in [9.17, 15) is 15.0 Å². The average Bonchev–Trinajstić information content (AvgIpc) is 3.10. The number of halogens is 1. The van der Waals surface area contributed by atoms with Gasteiger partial charge in [0.15, 0.2) is 11.5 Å². The van der Waals surface area contributed by atoms with E-state index in [-0.39, 0.29) is 13.2 Å². The van der Waals surface area contributed by atoms with Crippen molar-refractivity contribution in [1.82, 2.24) is 20.1 Å². The maximum atomic E-state index is 12.7. The summed E-state index contributed by atoms with van der Waals surface area (Å²) < 4.78 is 1.71. The third-order valence-corrected chi connectivity index (χ3v) is 5.25. The zero-order valence-electron chi connectivity index (χ0n) is 13.7. The molecule has 132 valence electrons. The van der Waals surface area contributed by atoms with Crippen LogP contribution in [0.3, 0.4) is 0 Å². The quantitative estimate of drug-likeness (QED) is 0.738. The summed E-state index contributed by atoms with van der Waals surface area (Å²) in [5, 5.41) is 26.6. The van der Waals surface area contributed by atoms with Crippen molar-refractivity contribution in [3.63, 3.8) is 0 Å². The van der Waals surface area contributed by atoms with Crippen LogP contribution in [0, 0.1) is 5.92 Å². The first-order valence-electron chi connectivity index (χ1n) is 8.23. The molecule has 0 saturated heterocycles. The molecule has 4 rings (SSSR count). The number of pyridine rings is 1. The van der Waals surface area contributed by atoms with E-state index < -0.39 is 11.4 Å². The number of amides is 1. The third-order valence-electron chi connectivity index (χ3n) is 5.02. The van der Waals surface area contributed by atoms with Crippen molar-refractivity contribution >= 4 is 17.5 Å². The number of nitrogens with zero attached hydrogens (tertiary/aromatic N) is 3. The SMILES string of the molecule is CC(CO)(CO)NC(=O)c1nn(-c2cc(Cl)ccn2)c2c1C[C@@H]1C[C@H]21. The number of hydrogen-bond acceptors (Lipinski definition) is 5. The van der Waals surface area contributed by atoms with E-state index in [1.54, 1.807) is 29.9 Å². The van der Waals surface area contributed by atoms with Gasteiger partial charge in [0.1, 0.15) is 0 Å². The van der Waals surface area contributed by atoms with Crippen LogP contribution in [0.4, 0.5) is 0 Å². The fraction of sp³-hybridized carbons (Fsp3) is 0.471. The van der Waals surface area contributed by atoms with E-state index in [0.717, 1.165) is 24.1 Å². The second-order valence-electron chi connectivity index (χ2n) is 7.09. The number of carbonyl (C=O) groups excluding carboxylic acids is 1. The molecule has 25 heavy (non-hydrogen) atoms. The largest absolute Gasteiger partial charge is 0.394 e. The van der Waals surface area contributed by atoms with Gasteiger partial charge in [-0.05, 0) is 31.7 Å². The summed E-state index contributed by atoms with van der Waals surface area (Å²) in [6, 6.07) is 3.41. The van der Waals surface area contributed by atoms with Crippen molar-refractivity contribution < 1.29 is 15.0 Å². The molecule has 0 aromatic carbocycles. The van der Waals surface area contributed by atoms with Gasteiger partial charge in [-0.15, -0.1) is 0 Å². The standard InChI is InChI=1S/C17H19ClN4O3/c1-17(7-23,8-24)20-16(25)14-12-5-9-4-11(9)15(12)22(21-14)13-6-10(18)2-3-19-13/h2-3,6,9,11,23-24H,4-5,7-8H2,1H3,(H,20,25)/t9-,11-/m0/s1. The topological polar surface area (TPSA) is 100 Å². The van der Waals surface area contributed by atoms with Gasteiger partial charge in [-0.1, -0.05) is 11.6 Å². The summed E-state index contributed by atoms with van der Waals surface area (Å²) in [4.78, 5) is 17.0. The molecule has 0 aliphatic heterocycles. The molecule has 2 aliphatic rings. The molecule has 0 spiro atoms. The molecule has 2 aromatic rings. The molecule has 2 aromatic heterocycles. The van der Waals surface area contributed by atoms with Crippen LogP contribution in [0.5, 0.6) is 0 Å². The highest BCUT2D eigenvalue weighted by Gasteiger charge is 2.50. The second-order valence-corrected chi connectivity index (χ2v) is 7.53. The number of aliphatic hydroxyl groups excluding tert-OH is 2. The van der Waals surface area contributed by atoms with Crippen molar-refractivity contribution in [1.29, 1.82) is 0 Å². The van der Waals surface area contributed by atoms with E-state index in [1.807, 2.05) is 0 Å². The van der Waals surface area contributed by atoms with Gasteiger partial charge in [0, 0.05) is 28.8 Å². The molecule has 3 N–H and O–H groups in total. The minimum Gasteiger partial charge on any atom is -0.394 e. The van der Waals surface area contributed by atoms with E-state index >= 15 is 0 Å². The molecule has 8 heteroatoms. The van der Waals surface area contributed by atoms with Crippen LogP contribution in [-0.2, 0) is 6.42 Å². The number of carbonyl (C=O) groups is 1. The van der Waals surface area contributed by atoms with Crippen LogP contribution in [-0.4, -0.2) is 49.6 Å². The zero-order valence-corrected chi connectivity index (χ0v) is 14.5.